The van der Waals surface area contributed by atoms with Crippen LogP contribution in [0.5, 0.6) is 0 Å². The second-order valence-corrected chi connectivity index (χ2v) is 7.66. The monoisotopic (exact) mass is 338 g/mol. The predicted molar refractivity (Wildman–Crippen MR) is 101 cm³/mol. The number of carbonyl (C=O) groups excluding carboxylic acids is 1. The van der Waals surface area contributed by atoms with Gasteiger partial charge in [-0.1, -0.05) is 80.6 Å². The summed E-state index contributed by atoms with van der Waals surface area (Å²) in [4.78, 5) is 13.3. The van der Waals surface area contributed by atoms with Crippen LogP contribution < -0.4 is 0 Å². The van der Waals surface area contributed by atoms with Crippen molar-refractivity contribution in [1.82, 2.24) is 0 Å². The van der Waals surface area contributed by atoms with Crippen molar-refractivity contribution in [1.29, 1.82) is 0 Å². The minimum absolute atomic E-state index is 0.209. The van der Waals surface area contributed by atoms with Crippen molar-refractivity contribution in [3.63, 3.8) is 0 Å². The van der Waals surface area contributed by atoms with Gasteiger partial charge in [0.05, 0.1) is 0 Å². The average molecular weight is 338 g/mol. The van der Waals surface area contributed by atoms with Crippen LogP contribution >= 0.6 is 11.8 Å². The second-order valence-electron chi connectivity index (χ2n) is 6.38. The summed E-state index contributed by atoms with van der Waals surface area (Å²) in [6.45, 7) is 4.07. The maximum absolute atomic E-state index is 13.3. The molecule has 1 N–H and O–H groups in total. The molecule has 124 valence electrons. The van der Waals surface area contributed by atoms with Gasteiger partial charge < -0.3 is 5.11 Å². The third-order valence-electron chi connectivity index (χ3n) is 4.75. The molecule has 2 atom stereocenters. The first-order valence-electron chi connectivity index (χ1n) is 8.21. The molecule has 1 aliphatic rings. The van der Waals surface area contributed by atoms with Gasteiger partial charge in [0.2, 0.25) is 0 Å². The lowest BCUT2D eigenvalue weighted by Crippen LogP contribution is -2.46. The van der Waals surface area contributed by atoms with Gasteiger partial charge in [0.25, 0.3) is 0 Å². The first-order valence-corrected chi connectivity index (χ1v) is 9.37. The Hall–Kier alpha value is -1.84. The predicted octanol–water partition coefficient (Wildman–Crippen LogP) is 4.30. The standard InChI is InChI=1S/C21H22O2S/c1-3-24-15-20(2)14-18(16-10-6-4-7-11-16)19(22)21(20,23)17-12-8-5-9-13-17/h4-14,23H,3,15H2,1-2H3/t20-,21-/m0/s1. The minimum Gasteiger partial charge on any atom is -0.376 e. The molecule has 2 aromatic rings. The van der Waals surface area contributed by atoms with Crippen molar-refractivity contribution in [3.8, 4) is 0 Å². The van der Waals surface area contributed by atoms with Gasteiger partial charge in [-0.15, -0.1) is 0 Å². The highest BCUT2D eigenvalue weighted by atomic mass is 32.2. The van der Waals surface area contributed by atoms with Gasteiger partial charge in [0.1, 0.15) is 0 Å². The van der Waals surface area contributed by atoms with E-state index in [0.717, 1.165) is 11.3 Å². The van der Waals surface area contributed by atoms with Crippen LogP contribution in [-0.2, 0) is 10.4 Å². The molecule has 0 spiro atoms. The second kappa shape index (κ2) is 6.58. The van der Waals surface area contributed by atoms with Gasteiger partial charge in [-0.2, -0.15) is 11.8 Å². The van der Waals surface area contributed by atoms with Crippen LogP contribution in [0.1, 0.15) is 25.0 Å². The van der Waals surface area contributed by atoms with E-state index in [1.165, 1.54) is 0 Å². The van der Waals surface area contributed by atoms with E-state index in [-0.39, 0.29) is 5.78 Å². The molecule has 24 heavy (non-hydrogen) atoms. The van der Waals surface area contributed by atoms with E-state index in [1.807, 2.05) is 73.7 Å². The fourth-order valence-electron chi connectivity index (χ4n) is 3.38. The first kappa shape index (κ1) is 17.0. The molecule has 3 heteroatoms. The number of carbonyl (C=O) groups is 1. The molecule has 0 bridgehead atoms. The average Bonchev–Trinajstić information content (AvgIpc) is 2.84. The molecule has 0 saturated heterocycles. The minimum atomic E-state index is -1.53. The molecule has 0 radical (unpaired) electrons. The molecule has 0 heterocycles. The molecule has 2 aromatic carbocycles. The lowest BCUT2D eigenvalue weighted by molar-refractivity contribution is -0.139. The highest BCUT2D eigenvalue weighted by molar-refractivity contribution is 7.99. The summed E-state index contributed by atoms with van der Waals surface area (Å²) in [5.41, 5.74) is -0.0292. The number of ketones is 1. The number of Topliss-reactive ketones (excluding diaryl/α,β-unsaturated/α-hetero) is 1. The van der Waals surface area contributed by atoms with Crippen molar-refractivity contribution in [2.24, 2.45) is 5.41 Å². The Bertz CT molecular complexity index is 754. The molecule has 3 rings (SSSR count). The summed E-state index contributed by atoms with van der Waals surface area (Å²) in [5, 5.41) is 11.6. The van der Waals surface area contributed by atoms with E-state index in [4.69, 9.17) is 0 Å². The Morgan fingerprint density at radius 1 is 1.00 bits per heavy atom. The maximum atomic E-state index is 13.3. The summed E-state index contributed by atoms with van der Waals surface area (Å²) >= 11 is 1.74. The Morgan fingerprint density at radius 3 is 2.17 bits per heavy atom. The summed E-state index contributed by atoms with van der Waals surface area (Å²) in [6, 6.07) is 18.9. The van der Waals surface area contributed by atoms with Gasteiger partial charge in [-0.3, -0.25) is 4.79 Å². The van der Waals surface area contributed by atoms with Crippen LogP contribution in [0.25, 0.3) is 5.57 Å². The Morgan fingerprint density at radius 2 is 1.58 bits per heavy atom. The van der Waals surface area contributed by atoms with E-state index in [1.54, 1.807) is 11.8 Å². The van der Waals surface area contributed by atoms with Crippen LogP contribution in [0.3, 0.4) is 0 Å². The summed E-state index contributed by atoms with van der Waals surface area (Å²) in [5.74, 6) is 1.43. The molecule has 0 aromatic heterocycles. The maximum Gasteiger partial charge on any atom is 0.200 e. The van der Waals surface area contributed by atoms with Gasteiger partial charge in [-0.05, 0) is 16.9 Å². The number of thioether (sulfide) groups is 1. The van der Waals surface area contributed by atoms with E-state index in [2.05, 4.69) is 6.92 Å². The molecular formula is C21H22O2S. The molecule has 0 aliphatic heterocycles. The largest absolute Gasteiger partial charge is 0.376 e. The van der Waals surface area contributed by atoms with Gasteiger partial charge in [0.15, 0.2) is 11.4 Å². The SMILES string of the molecule is CCSC[C@]1(C)C=C(c2ccccc2)C(=O)[C@@]1(O)c1ccccc1. The highest BCUT2D eigenvalue weighted by Gasteiger charge is 2.57. The molecule has 0 saturated carbocycles. The van der Waals surface area contributed by atoms with Gasteiger partial charge in [-0.25, -0.2) is 0 Å². The zero-order valence-corrected chi connectivity index (χ0v) is 14.8. The fraction of sp³-hybridized carbons (Fsp3) is 0.286. The molecule has 0 fully saturated rings. The lowest BCUT2D eigenvalue weighted by Gasteiger charge is -2.38. The van der Waals surface area contributed by atoms with Crippen LogP contribution in [0.4, 0.5) is 0 Å². The summed E-state index contributed by atoms with van der Waals surface area (Å²) in [7, 11) is 0. The number of hydrogen-bond acceptors (Lipinski definition) is 3. The van der Waals surface area contributed by atoms with Crippen LogP contribution in [0.15, 0.2) is 66.7 Å². The van der Waals surface area contributed by atoms with Crippen molar-refractivity contribution in [3.05, 3.63) is 77.9 Å². The van der Waals surface area contributed by atoms with E-state index >= 15 is 0 Å². The van der Waals surface area contributed by atoms with Crippen molar-refractivity contribution in [2.75, 3.05) is 11.5 Å². The van der Waals surface area contributed by atoms with Crippen molar-refractivity contribution < 1.29 is 9.90 Å². The van der Waals surface area contributed by atoms with Crippen LogP contribution in [-0.4, -0.2) is 22.4 Å². The number of hydrogen-bond donors (Lipinski definition) is 1. The zero-order chi connectivity index (χ0) is 17.2. The van der Waals surface area contributed by atoms with Gasteiger partial charge >= 0.3 is 0 Å². The molecule has 0 amide bonds. The van der Waals surface area contributed by atoms with Crippen molar-refractivity contribution >= 4 is 23.1 Å². The quantitative estimate of drug-likeness (QED) is 0.883. The first-order chi connectivity index (χ1) is 11.5. The van der Waals surface area contributed by atoms with Gasteiger partial charge in [0, 0.05) is 16.7 Å². The Labute approximate surface area is 147 Å². The van der Waals surface area contributed by atoms with Crippen molar-refractivity contribution in [2.45, 2.75) is 19.4 Å². The smallest absolute Gasteiger partial charge is 0.200 e. The molecular weight excluding hydrogens is 316 g/mol. The van der Waals surface area contributed by atoms with E-state index in [0.29, 0.717) is 16.9 Å². The fourth-order valence-corrected chi connectivity index (χ4v) is 4.30. The summed E-state index contributed by atoms with van der Waals surface area (Å²) in [6.07, 6.45) is 1.97. The highest BCUT2D eigenvalue weighted by Crippen LogP contribution is 2.52. The molecule has 1 aliphatic carbocycles. The third kappa shape index (κ3) is 2.62. The number of aliphatic hydroxyl groups is 1. The number of benzene rings is 2. The molecule has 0 unspecified atom stereocenters. The zero-order valence-electron chi connectivity index (χ0n) is 14.0. The summed E-state index contributed by atoms with van der Waals surface area (Å²) < 4.78 is 0. The number of rotatable bonds is 5. The normalized spacial score (nSPS) is 26.5. The Balaban J connectivity index is 2.13. The Kier molecular flexibility index (Phi) is 4.66. The molecule has 2 nitrogen and oxygen atoms in total. The van der Waals surface area contributed by atoms with E-state index < -0.39 is 11.0 Å². The lowest BCUT2D eigenvalue weighted by atomic mass is 9.72. The van der Waals surface area contributed by atoms with Crippen LogP contribution in [0.2, 0.25) is 0 Å². The topological polar surface area (TPSA) is 37.3 Å². The van der Waals surface area contributed by atoms with Crippen LogP contribution in [0, 0.1) is 5.41 Å². The third-order valence-corrected chi connectivity index (χ3v) is 5.96. The van der Waals surface area contributed by atoms with E-state index in [9.17, 15) is 9.90 Å².